The van der Waals surface area contributed by atoms with Crippen molar-refractivity contribution in [1.82, 2.24) is 4.90 Å². The van der Waals surface area contributed by atoms with Crippen LogP contribution in [0.15, 0.2) is 53.5 Å². The average Bonchev–Trinajstić information content (AvgIpc) is 3.31. The van der Waals surface area contributed by atoms with Crippen molar-refractivity contribution in [2.75, 3.05) is 13.7 Å². The van der Waals surface area contributed by atoms with Crippen LogP contribution in [0.25, 0.3) is 11.1 Å². The number of carbonyl (C=O) groups excluding carboxylic acids is 2. The van der Waals surface area contributed by atoms with Gasteiger partial charge in [-0.25, -0.2) is 4.79 Å². The lowest BCUT2D eigenvalue weighted by atomic mass is 9.98. The lowest BCUT2D eigenvalue weighted by Crippen LogP contribution is -2.55. The minimum Gasteiger partial charge on any atom is -0.599 e. The number of amides is 1. The molecule has 0 spiro atoms. The maximum atomic E-state index is 13.5. The van der Waals surface area contributed by atoms with Crippen LogP contribution in [0.3, 0.4) is 0 Å². The second kappa shape index (κ2) is 10.2. The zero-order valence-corrected chi connectivity index (χ0v) is 21.0. The van der Waals surface area contributed by atoms with Crippen molar-refractivity contribution >= 4 is 23.9 Å². The van der Waals surface area contributed by atoms with Gasteiger partial charge in [-0.05, 0) is 43.0 Å². The molecular formula is C27H29N2O8-. The fourth-order valence-electron chi connectivity index (χ4n) is 5.18. The highest BCUT2D eigenvalue weighted by atomic mass is 16.6. The lowest BCUT2D eigenvalue weighted by Gasteiger charge is -2.34. The molecule has 0 bridgehead atoms. The molecule has 2 aromatic carbocycles. The molecule has 1 N–H and O–H groups in total. The predicted octanol–water partition coefficient (Wildman–Crippen LogP) is 1.90. The molecule has 10 heteroatoms. The first-order valence-corrected chi connectivity index (χ1v) is 11.9. The van der Waals surface area contributed by atoms with Gasteiger partial charge in [-0.2, -0.15) is 0 Å². The summed E-state index contributed by atoms with van der Waals surface area (Å²) in [6.07, 6.45) is -2.42. The molecule has 196 valence electrons. The summed E-state index contributed by atoms with van der Waals surface area (Å²) in [5.74, 6) is -3.12. The number of fused-ring (bicyclic) bond motifs is 3. The number of carboxylic acid groups (broad SMARTS) is 1. The van der Waals surface area contributed by atoms with E-state index in [2.05, 4.69) is 9.73 Å². The zero-order chi connectivity index (χ0) is 26.9. The highest BCUT2D eigenvalue weighted by Crippen LogP contribution is 2.44. The fourth-order valence-corrected chi connectivity index (χ4v) is 5.18. The number of carbonyl (C=O) groups is 3. The van der Waals surface area contributed by atoms with Crippen molar-refractivity contribution in [2.45, 2.75) is 57.0 Å². The SMILES string of the molecule is COC(=O)C[C@H](N=C([O-])OCC1c2ccccc2-c2ccccc21)C(=O)N1C(C(=O)O)[C@H](C)OC1(C)C. The first-order valence-electron chi connectivity index (χ1n) is 11.9. The minimum absolute atomic E-state index is 0.0252. The highest BCUT2D eigenvalue weighted by Gasteiger charge is 2.53. The number of benzene rings is 2. The van der Waals surface area contributed by atoms with E-state index in [1.165, 1.54) is 20.8 Å². The molecular weight excluding hydrogens is 480 g/mol. The molecule has 0 radical (unpaired) electrons. The van der Waals surface area contributed by atoms with E-state index in [4.69, 9.17) is 9.47 Å². The lowest BCUT2D eigenvalue weighted by molar-refractivity contribution is -0.251. The number of carboxylic acids is 1. The third kappa shape index (κ3) is 5.01. The van der Waals surface area contributed by atoms with Crippen molar-refractivity contribution in [3.8, 4) is 11.1 Å². The van der Waals surface area contributed by atoms with Crippen LogP contribution in [0.5, 0.6) is 0 Å². The standard InChI is InChI=1S/C27H30N2O8/c1-15-23(25(32)33)29(27(2,3)37-15)24(31)21(13-22(30)35-4)28-26(34)36-14-20-18-11-7-5-9-16(18)17-10-6-8-12-19(17)20/h5-12,15,20-21,23H,13-14H2,1-4H3,(H,28,34)(H,32,33)/p-1/t15-,21-,23?/m0/s1. The molecule has 1 unspecified atom stereocenters. The number of hydrogen-bond donors (Lipinski definition) is 1. The second-order valence-electron chi connectivity index (χ2n) is 9.49. The molecule has 2 aliphatic rings. The first kappa shape index (κ1) is 26.2. The van der Waals surface area contributed by atoms with Crippen LogP contribution >= 0.6 is 0 Å². The van der Waals surface area contributed by atoms with E-state index in [9.17, 15) is 24.6 Å². The second-order valence-corrected chi connectivity index (χ2v) is 9.49. The largest absolute Gasteiger partial charge is 0.599 e. The summed E-state index contributed by atoms with van der Waals surface area (Å²) < 4.78 is 15.8. The Morgan fingerprint density at radius 3 is 2.22 bits per heavy atom. The maximum absolute atomic E-state index is 13.5. The average molecular weight is 510 g/mol. The summed E-state index contributed by atoms with van der Waals surface area (Å²) in [6.45, 7) is 4.58. The normalized spacial score (nSPS) is 21.2. The van der Waals surface area contributed by atoms with E-state index in [1.54, 1.807) is 0 Å². The molecule has 3 atom stereocenters. The highest BCUT2D eigenvalue weighted by molar-refractivity contribution is 5.92. The quantitative estimate of drug-likeness (QED) is 0.339. The van der Waals surface area contributed by atoms with E-state index >= 15 is 0 Å². The monoisotopic (exact) mass is 509 g/mol. The van der Waals surface area contributed by atoms with Gasteiger partial charge in [0.05, 0.1) is 19.6 Å². The summed E-state index contributed by atoms with van der Waals surface area (Å²) >= 11 is 0. The third-order valence-electron chi connectivity index (χ3n) is 6.74. The molecule has 1 aliphatic carbocycles. The molecule has 2 aromatic rings. The summed E-state index contributed by atoms with van der Waals surface area (Å²) in [5.41, 5.74) is 2.82. The molecule has 0 saturated carbocycles. The van der Waals surface area contributed by atoms with Crippen molar-refractivity contribution in [3.05, 3.63) is 59.7 Å². The van der Waals surface area contributed by atoms with Gasteiger partial charge in [0.1, 0.15) is 17.9 Å². The predicted molar refractivity (Wildman–Crippen MR) is 130 cm³/mol. The molecule has 1 saturated heterocycles. The van der Waals surface area contributed by atoms with Crippen molar-refractivity contribution in [1.29, 1.82) is 0 Å². The maximum Gasteiger partial charge on any atom is 0.329 e. The molecule has 4 rings (SSSR count). The van der Waals surface area contributed by atoms with Gasteiger partial charge in [-0.1, -0.05) is 48.5 Å². The van der Waals surface area contributed by atoms with Gasteiger partial charge < -0.3 is 24.4 Å². The Hall–Kier alpha value is -3.92. The number of esters is 1. The van der Waals surface area contributed by atoms with E-state index in [0.717, 1.165) is 34.3 Å². The third-order valence-corrected chi connectivity index (χ3v) is 6.74. The topological polar surface area (TPSA) is 138 Å². The number of methoxy groups -OCH3 is 1. The molecule has 37 heavy (non-hydrogen) atoms. The summed E-state index contributed by atoms with van der Waals surface area (Å²) in [4.78, 5) is 42.3. The molecule has 1 heterocycles. The van der Waals surface area contributed by atoms with Crippen LogP contribution in [-0.4, -0.2) is 71.6 Å². The van der Waals surface area contributed by atoms with E-state index < -0.39 is 54.3 Å². The molecule has 1 fully saturated rings. The van der Waals surface area contributed by atoms with Crippen molar-refractivity contribution in [3.63, 3.8) is 0 Å². The number of aliphatic imine (C=N–C) groups is 1. The van der Waals surface area contributed by atoms with E-state index in [-0.39, 0.29) is 12.5 Å². The Morgan fingerprint density at radius 1 is 1.11 bits per heavy atom. The Balaban J connectivity index is 1.58. The van der Waals surface area contributed by atoms with Crippen LogP contribution in [0.1, 0.15) is 44.2 Å². The van der Waals surface area contributed by atoms with Crippen LogP contribution in [0.2, 0.25) is 0 Å². The molecule has 1 amide bonds. The van der Waals surface area contributed by atoms with Crippen LogP contribution < -0.4 is 5.11 Å². The van der Waals surface area contributed by atoms with E-state index in [0.29, 0.717) is 0 Å². The minimum atomic E-state index is -1.54. The van der Waals surface area contributed by atoms with Gasteiger partial charge in [0.25, 0.3) is 5.91 Å². The zero-order valence-electron chi connectivity index (χ0n) is 21.0. The van der Waals surface area contributed by atoms with E-state index in [1.807, 2.05) is 48.5 Å². The summed E-state index contributed by atoms with van der Waals surface area (Å²) in [5, 5.41) is 22.5. The number of nitrogens with zero attached hydrogens (tertiary/aromatic N) is 2. The van der Waals surface area contributed by atoms with Gasteiger partial charge in [0.15, 0.2) is 6.04 Å². The van der Waals surface area contributed by atoms with Gasteiger partial charge in [0.2, 0.25) is 0 Å². The van der Waals surface area contributed by atoms with Crippen molar-refractivity contribution in [2.24, 2.45) is 4.99 Å². The van der Waals surface area contributed by atoms with Crippen LogP contribution in [0.4, 0.5) is 0 Å². The first-order chi connectivity index (χ1) is 17.5. The molecule has 10 nitrogen and oxygen atoms in total. The Kier molecular flexibility index (Phi) is 7.22. The number of rotatable bonds is 7. The Morgan fingerprint density at radius 2 is 1.68 bits per heavy atom. The Labute approximate surface area is 214 Å². The van der Waals surface area contributed by atoms with Gasteiger partial charge in [0, 0.05) is 12.5 Å². The number of ether oxygens (including phenoxy) is 3. The van der Waals surface area contributed by atoms with Crippen LogP contribution in [-0.2, 0) is 28.6 Å². The number of hydrogen-bond acceptors (Lipinski definition) is 8. The summed E-state index contributed by atoms with van der Waals surface area (Å²) in [7, 11) is 1.14. The molecule has 0 aromatic heterocycles. The van der Waals surface area contributed by atoms with Crippen LogP contribution in [0, 0.1) is 0 Å². The summed E-state index contributed by atoms with van der Waals surface area (Å²) in [6, 6.07) is 12.8. The molecule has 1 aliphatic heterocycles. The van der Waals surface area contributed by atoms with Crippen molar-refractivity contribution < 1.29 is 38.8 Å². The van der Waals surface area contributed by atoms with Gasteiger partial charge >= 0.3 is 11.9 Å². The Bertz CT molecular complexity index is 1190. The number of aliphatic carboxylic acids is 1. The van der Waals surface area contributed by atoms with Gasteiger partial charge in [-0.3, -0.25) is 19.5 Å². The fraction of sp³-hybridized carbons (Fsp3) is 0.407. The smallest absolute Gasteiger partial charge is 0.329 e. The van der Waals surface area contributed by atoms with Gasteiger partial charge in [-0.15, -0.1) is 0 Å².